The maximum Gasteiger partial charge on any atom is 0.254 e. The molecule has 2 aromatic heterocycles. The Balaban J connectivity index is 1.51. The Hall–Kier alpha value is -2.73. The number of fused-ring (bicyclic) bond motifs is 1. The fourth-order valence-corrected chi connectivity index (χ4v) is 4.10. The first-order valence-electron chi connectivity index (χ1n) is 9.87. The van der Waals surface area contributed by atoms with Crippen LogP contribution in [-0.2, 0) is 6.54 Å². The third-order valence-electron chi connectivity index (χ3n) is 5.90. The molecule has 146 valence electrons. The summed E-state index contributed by atoms with van der Waals surface area (Å²) in [5.74, 6) is 0.462. The molecule has 0 aliphatic carbocycles. The quantitative estimate of drug-likeness (QED) is 0.732. The monoisotopic (exact) mass is 377 g/mol. The zero-order chi connectivity index (χ0) is 19.7. The van der Waals surface area contributed by atoms with Gasteiger partial charge >= 0.3 is 0 Å². The van der Waals surface area contributed by atoms with E-state index in [1.807, 2.05) is 6.92 Å². The van der Waals surface area contributed by atoms with E-state index in [1.54, 1.807) is 6.20 Å². The predicted molar refractivity (Wildman–Crippen MR) is 110 cm³/mol. The maximum atomic E-state index is 12.4. The predicted octanol–water partition coefficient (Wildman–Crippen LogP) is 3.31. The number of nitrogens with one attached hydrogen (secondary N) is 2. The number of nitrogens with zero attached hydrogens (tertiary/aromatic N) is 3. The van der Waals surface area contributed by atoms with Gasteiger partial charge < -0.3 is 15.2 Å². The Kier molecular flexibility index (Phi) is 5.13. The van der Waals surface area contributed by atoms with E-state index in [0.29, 0.717) is 23.7 Å². The summed E-state index contributed by atoms with van der Waals surface area (Å²) in [7, 11) is 2.19. The van der Waals surface area contributed by atoms with Crippen molar-refractivity contribution < 1.29 is 4.79 Å². The molecular weight excluding hydrogens is 350 g/mol. The van der Waals surface area contributed by atoms with Crippen LogP contribution >= 0.6 is 0 Å². The fourth-order valence-electron chi connectivity index (χ4n) is 4.10. The fraction of sp³-hybridized carbons (Fsp3) is 0.409. The van der Waals surface area contributed by atoms with Gasteiger partial charge in [-0.3, -0.25) is 4.79 Å². The molecule has 0 spiro atoms. The van der Waals surface area contributed by atoms with E-state index in [9.17, 15) is 4.79 Å². The first-order chi connectivity index (χ1) is 13.5. The van der Waals surface area contributed by atoms with Crippen molar-refractivity contribution in [2.75, 3.05) is 20.1 Å². The van der Waals surface area contributed by atoms with Gasteiger partial charge in [-0.1, -0.05) is 6.07 Å². The number of carbonyl (C=O) groups is 1. The molecule has 6 nitrogen and oxygen atoms in total. The molecule has 0 saturated carbocycles. The van der Waals surface area contributed by atoms with Crippen molar-refractivity contribution in [1.82, 2.24) is 25.2 Å². The molecule has 0 radical (unpaired) electrons. The standard InChI is InChI=1S/C22H27N5O/c1-14-18-10-16(11-24-22(28)19-12-23-13-25-15(19)2)4-5-20(18)26-21(14)17-6-8-27(3)9-7-17/h4-5,10,12-13,17,26H,6-9,11H2,1-3H3,(H,24,28). The third kappa shape index (κ3) is 3.64. The lowest BCUT2D eigenvalue weighted by Crippen LogP contribution is -2.29. The highest BCUT2D eigenvalue weighted by molar-refractivity contribution is 5.94. The molecule has 1 fully saturated rings. The van der Waals surface area contributed by atoms with Gasteiger partial charge in [0.05, 0.1) is 11.3 Å². The molecule has 4 rings (SSSR count). The van der Waals surface area contributed by atoms with Crippen LogP contribution in [0.5, 0.6) is 0 Å². The minimum atomic E-state index is -0.143. The first-order valence-corrected chi connectivity index (χ1v) is 9.87. The van der Waals surface area contributed by atoms with Gasteiger partial charge in [0, 0.05) is 35.3 Å². The minimum Gasteiger partial charge on any atom is -0.358 e. The number of rotatable bonds is 4. The summed E-state index contributed by atoms with van der Waals surface area (Å²) in [6.45, 7) is 6.81. The highest BCUT2D eigenvalue weighted by Gasteiger charge is 2.22. The molecule has 0 bridgehead atoms. The minimum absolute atomic E-state index is 0.143. The summed E-state index contributed by atoms with van der Waals surface area (Å²) < 4.78 is 0. The first kappa shape index (κ1) is 18.6. The van der Waals surface area contributed by atoms with Crippen molar-refractivity contribution in [1.29, 1.82) is 0 Å². The van der Waals surface area contributed by atoms with Gasteiger partial charge in [-0.15, -0.1) is 0 Å². The molecule has 0 atom stereocenters. The molecule has 3 aromatic rings. The summed E-state index contributed by atoms with van der Waals surface area (Å²) in [5.41, 5.74) is 6.19. The highest BCUT2D eigenvalue weighted by Crippen LogP contribution is 2.33. The molecule has 2 N–H and O–H groups in total. The number of amides is 1. The lowest BCUT2D eigenvalue weighted by Gasteiger charge is -2.28. The Morgan fingerprint density at radius 3 is 2.82 bits per heavy atom. The average molecular weight is 377 g/mol. The van der Waals surface area contributed by atoms with Crippen LogP contribution in [0.2, 0.25) is 0 Å². The van der Waals surface area contributed by atoms with E-state index in [2.05, 4.69) is 57.3 Å². The normalized spacial score (nSPS) is 15.8. The second kappa shape index (κ2) is 7.72. The molecule has 6 heteroatoms. The van der Waals surface area contributed by atoms with Crippen molar-refractivity contribution in [2.45, 2.75) is 39.2 Å². The summed E-state index contributed by atoms with van der Waals surface area (Å²) in [4.78, 5) is 26.5. The Morgan fingerprint density at radius 1 is 1.29 bits per heavy atom. The number of H-pyrrole nitrogens is 1. The Labute approximate surface area is 165 Å². The summed E-state index contributed by atoms with van der Waals surface area (Å²) in [5, 5.41) is 4.23. The smallest absolute Gasteiger partial charge is 0.254 e. The highest BCUT2D eigenvalue weighted by atomic mass is 16.1. The van der Waals surface area contributed by atoms with Gasteiger partial charge in [0.15, 0.2) is 0 Å². The topological polar surface area (TPSA) is 73.9 Å². The number of piperidine rings is 1. The van der Waals surface area contributed by atoms with Crippen LogP contribution in [0.15, 0.2) is 30.7 Å². The molecule has 0 unspecified atom stereocenters. The number of carbonyl (C=O) groups excluding carboxylic acids is 1. The van der Waals surface area contributed by atoms with E-state index < -0.39 is 0 Å². The molecule has 1 aliphatic heterocycles. The third-order valence-corrected chi connectivity index (χ3v) is 5.90. The summed E-state index contributed by atoms with van der Waals surface area (Å²) in [6, 6.07) is 6.39. The van der Waals surface area contributed by atoms with E-state index in [4.69, 9.17) is 0 Å². The number of aryl methyl sites for hydroxylation is 2. The number of hydrogen-bond donors (Lipinski definition) is 2. The van der Waals surface area contributed by atoms with Gasteiger partial charge in [-0.25, -0.2) is 9.97 Å². The average Bonchev–Trinajstić information content (AvgIpc) is 3.03. The summed E-state index contributed by atoms with van der Waals surface area (Å²) >= 11 is 0. The lowest BCUT2D eigenvalue weighted by atomic mass is 9.91. The number of aromatic amines is 1. The number of hydrogen-bond acceptors (Lipinski definition) is 4. The van der Waals surface area contributed by atoms with Crippen LogP contribution in [0.4, 0.5) is 0 Å². The number of aromatic nitrogens is 3. The van der Waals surface area contributed by atoms with Crippen LogP contribution in [0.1, 0.15) is 51.6 Å². The van der Waals surface area contributed by atoms with E-state index >= 15 is 0 Å². The molecule has 28 heavy (non-hydrogen) atoms. The van der Waals surface area contributed by atoms with Crippen molar-refractivity contribution in [3.8, 4) is 0 Å². The van der Waals surface area contributed by atoms with Crippen molar-refractivity contribution in [2.24, 2.45) is 0 Å². The second-order valence-electron chi connectivity index (χ2n) is 7.83. The number of benzene rings is 1. The zero-order valence-electron chi connectivity index (χ0n) is 16.7. The van der Waals surface area contributed by atoms with Crippen LogP contribution in [-0.4, -0.2) is 45.9 Å². The second-order valence-corrected chi connectivity index (χ2v) is 7.83. The van der Waals surface area contributed by atoms with Crippen LogP contribution in [0.3, 0.4) is 0 Å². The van der Waals surface area contributed by atoms with Crippen LogP contribution < -0.4 is 5.32 Å². The van der Waals surface area contributed by atoms with Gasteiger partial charge in [0.1, 0.15) is 6.33 Å². The van der Waals surface area contributed by atoms with Crippen LogP contribution in [0.25, 0.3) is 10.9 Å². The van der Waals surface area contributed by atoms with Gasteiger partial charge in [-0.05, 0) is 70.1 Å². The van der Waals surface area contributed by atoms with E-state index in [0.717, 1.165) is 18.7 Å². The molecule has 1 aliphatic rings. The Bertz CT molecular complexity index is 1000. The number of likely N-dealkylation sites (tertiary alicyclic amines) is 1. The molecule has 1 saturated heterocycles. The van der Waals surface area contributed by atoms with Gasteiger partial charge in [0.25, 0.3) is 5.91 Å². The van der Waals surface area contributed by atoms with Crippen molar-refractivity contribution in [3.05, 3.63) is 58.8 Å². The molecule has 1 aromatic carbocycles. The van der Waals surface area contributed by atoms with E-state index in [-0.39, 0.29) is 5.91 Å². The maximum absolute atomic E-state index is 12.4. The zero-order valence-corrected chi connectivity index (χ0v) is 16.7. The largest absolute Gasteiger partial charge is 0.358 e. The van der Waals surface area contributed by atoms with Gasteiger partial charge in [-0.2, -0.15) is 0 Å². The molecular formula is C22H27N5O. The lowest BCUT2D eigenvalue weighted by molar-refractivity contribution is 0.0949. The van der Waals surface area contributed by atoms with Gasteiger partial charge in [0.2, 0.25) is 0 Å². The molecule has 3 heterocycles. The van der Waals surface area contributed by atoms with E-state index in [1.165, 1.54) is 41.3 Å². The van der Waals surface area contributed by atoms with Crippen molar-refractivity contribution in [3.63, 3.8) is 0 Å². The summed E-state index contributed by atoms with van der Waals surface area (Å²) in [6.07, 6.45) is 5.42. The van der Waals surface area contributed by atoms with Crippen molar-refractivity contribution >= 4 is 16.8 Å². The molecule has 1 amide bonds. The van der Waals surface area contributed by atoms with Crippen LogP contribution in [0, 0.1) is 13.8 Å². The Morgan fingerprint density at radius 2 is 2.07 bits per heavy atom. The SMILES string of the molecule is Cc1ncncc1C(=O)NCc1ccc2[nH]c(C3CCN(C)CC3)c(C)c2c1.